The molecule has 0 fully saturated rings. The second-order valence-corrected chi connectivity index (χ2v) is 6.92. The van der Waals surface area contributed by atoms with Crippen LogP contribution in [0.15, 0.2) is 15.7 Å². The summed E-state index contributed by atoms with van der Waals surface area (Å²) in [6, 6.07) is 1.39. The van der Waals surface area contributed by atoms with Crippen LogP contribution in [0.25, 0.3) is 0 Å². The molecule has 0 spiro atoms. The third kappa shape index (κ3) is 4.40. The van der Waals surface area contributed by atoms with Crippen LogP contribution in [0.2, 0.25) is 0 Å². The van der Waals surface area contributed by atoms with E-state index >= 15 is 0 Å². The minimum absolute atomic E-state index is 0.00820. The molecule has 0 aliphatic carbocycles. The SMILES string of the molecule is CCCCC(C)NC(=O)c1csc(S(N)(=O)=O)c1. The molecule has 7 heteroatoms. The van der Waals surface area contributed by atoms with Gasteiger partial charge in [0, 0.05) is 11.4 Å². The van der Waals surface area contributed by atoms with Gasteiger partial charge in [0.25, 0.3) is 5.91 Å². The number of unbranched alkanes of at least 4 members (excludes halogenated alkanes) is 1. The highest BCUT2D eigenvalue weighted by molar-refractivity contribution is 7.91. The van der Waals surface area contributed by atoms with Gasteiger partial charge >= 0.3 is 0 Å². The van der Waals surface area contributed by atoms with Gasteiger partial charge in [-0.3, -0.25) is 4.79 Å². The molecule has 0 bridgehead atoms. The summed E-state index contributed by atoms with van der Waals surface area (Å²) in [7, 11) is -3.72. The van der Waals surface area contributed by atoms with Gasteiger partial charge in [0.2, 0.25) is 10.0 Å². The standard InChI is InChI=1S/C11H18N2O3S2/c1-3-4-5-8(2)13-11(14)9-6-10(17-7-9)18(12,15)16/h6-8H,3-5H2,1-2H3,(H,13,14)(H2,12,15,16). The molecule has 1 aromatic heterocycles. The van der Waals surface area contributed by atoms with E-state index in [1.165, 1.54) is 11.4 Å². The molecule has 1 heterocycles. The van der Waals surface area contributed by atoms with Gasteiger partial charge in [-0.1, -0.05) is 19.8 Å². The van der Waals surface area contributed by atoms with Gasteiger partial charge in [0.15, 0.2) is 0 Å². The smallest absolute Gasteiger partial charge is 0.252 e. The van der Waals surface area contributed by atoms with Gasteiger partial charge in [-0.25, -0.2) is 13.6 Å². The van der Waals surface area contributed by atoms with Gasteiger partial charge in [0.05, 0.1) is 5.56 Å². The zero-order valence-corrected chi connectivity index (χ0v) is 12.1. The number of sulfonamides is 1. The van der Waals surface area contributed by atoms with Crippen molar-refractivity contribution in [1.29, 1.82) is 0 Å². The monoisotopic (exact) mass is 290 g/mol. The van der Waals surface area contributed by atoms with Crippen molar-refractivity contribution in [2.45, 2.75) is 43.4 Å². The minimum Gasteiger partial charge on any atom is -0.350 e. The predicted octanol–water partition coefficient (Wildman–Crippen LogP) is 1.70. The molecule has 1 aromatic rings. The number of hydrogen-bond donors (Lipinski definition) is 2. The lowest BCUT2D eigenvalue weighted by atomic mass is 10.1. The van der Waals surface area contributed by atoms with E-state index < -0.39 is 10.0 Å². The van der Waals surface area contributed by atoms with Crippen molar-refractivity contribution in [3.63, 3.8) is 0 Å². The summed E-state index contributed by atoms with van der Waals surface area (Å²) in [5.74, 6) is -0.259. The van der Waals surface area contributed by atoms with Crippen molar-refractivity contribution in [1.82, 2.24) is 5.32 Å². The number of amides is 1. The lowest BCUT2D eigenvalue weighted by molar-refractivity contribution is 0.0938. The number of primary sulfonamides is 1. The molecule has 1 atom stereocenters. The molecule has 0 aromatic carbocycles. The van der Waals surface area contributed by atoms with Crippen LogP contribution in [-0.2, 0) is 10.0 Å². The Hall–Kier alpha value is -0.920. The molecule has 3 N–H and O–H groups in total. The molecule has 1 amide bonds. The van der Waals surface area contributed by atoms with Crippen molar-refractivity contribution >= 4 is 27.3 Å². The van der Waals surface area contributed by atoms with E-state index in [4.69, 9.17) is 5.14 Å². The molecular formula is C11H18N2O3S2. The van der Waals surface area contributed by atoms with E-state index in [0.29, 0.717) is 5.56 Å². The average Bonchev–Trinajstić information content (AvgIpc) is 2.75. The molecule has 0 aliphatic heterocycles. The molecule has 0 radical (unpaired) electrons. The molecule has 102 valence electrons. The van der Waals surface area contributed by atoms with Crippen molar-refractivity contribution in [2.75, 3.05) is 0 Å². The maximum Gasteiger partial charge on any atom is 0.252 e. The van der Waals surface area contributed by atoms with Crippen LogP contribution in [0.3, 0.4) is 0 Å². The second-order valence-electron chi connectivity index (χ2n) is 4.22. The van der Waals surface area contributed by atoms with Crippen LogP contribution in [-0.4, -0.2) is 20.4 Å². The largest absolute Gasteiger partial charge is 0.350 e. The van der Waals surface area contributed by atoms with Gasteiger partial charge < -0.3 is 5.32 Å². The molecule has 1 rings (SSSR count). The number of carbonyl (C=O) groups excluding carboxylic acids is 1. The molecular weight excluding hydrogens is 272 g/mol. The Bertz CT molecular complexity index is 508. The fourth-order valence-electron chi connectivity index (χ4n) is 1.47. The first-order chi connectivity index (χ1) is 8.34. The van der Waals surface area contributed by atoms with Crippen molar-refractivity contribution in [3.8, 4) is 0 Å². The number of nitrogens with one attached hydrogen (secondary N) is 1. The third-order valence-electron chi connectivity index (χ3n) is 2.49. The predicted molar refractivity (Wildman–Crippen MR) is 72.1 cm³/mol. The summed E-state index contributed by atoms with van der Waals surface area (Å²) >= 11 is 0.956. The van der Waals surface area contributed by atoms with Crippen molar-refractivity contribution in [3.05, 3.63) is 17.0 Å². The summed E-state index contributed by atoms with van der Waals surface area (Å²) in [5.41, 5.74) is 0.340. The van der Waals surface area contributed by atoms with Crippen molar-refractivity contribution in [2.24, 2.45) is 5.14 Å². The van der Waals surface area contributed by atoms with E-state index in [-0.39, 0.29) is 16.2 Å². The fraction of sp³-hybridized carbons (Fsp3) is 0.545. The first-order valence-corrected chi connectivity index (χ1v) is 8.19. The Morgan fingerprint density at radius 1 is 1.56 bits per heavy atom. The second kappa shape index (κ2) is 6.31. The molecule has 5 nitrogen and oxygen atoms in total. The quantitative estimate of drug-likeness (QED) is 0.835. The van der Waals surface area contributed by atoms with E-state index in [1.807, 2.05) is 6.92 Å². The lowest BCUT2D eigenvalue weighted by Gasteiger charge is -2.12. The summed E-state index contributed by atoms with van der Waals surface area (Å²) < 4.78 is 22.2. The highest BCUT2D eigenvalue weighted by Gasteiger charge is 2.16. The van der Waals surface area contributed by atoms with Gasteiger partial charge in [0.1, 0.15) is 4.21 Å². The summed E-state index contributed by atoms with van der Waals surface area (Å²) in [5, 5.41) is 9.32. The Balaban J connectivity index is 2.65. The maximum absolute atomic E-state index is 11.8. The van der Waals surface area contributed by atoms with Crippen LogP contribution in [0.4, 0.5) is 0 Å². The number of rotatable bonds is 6. The lowest BCUT2D eigenvalue weighted by Crippen LogP contribution is -2.32. The van der Waals surface area contributed by atoms with Crippen LogP contribution >= 0.6 is 11.3 Å². The van der Waals surface area contributed by atoms with Crippen LogP contribution in [0, 0.1) is 0 Å². The van der Waals surface area contributed by atoms with Crippen molar-refractivity contribution < 1.29 is 13.2 Å². The summed E-state index contributed by atoms with van der Waals surface area (Å²) in [6.45, 7) is 4.02. The molecule has 0 aliphatic rings. The molecule has 18 heavy (non-hydrogen) atoms. The number of carbonyl (C=O) groups is 1. The van der Waals surface area contributed by atoms with Crippen LogP contribution < -0.4 is 10.5 Å². The van der Waals surface area contributed by atoms with Crippen LogP contribution in [0.5, 0.6) is 0 Å². The molecule has 0 saturated carbocycles. The molecule has 1 unspecified atom stereocenters. The zero-order chi connectivity index (χ0) is 13.8. The number of nitrogens with two attached hydrogens (primary N) is 1. The normalized spacial score (nSPS) is 13.3. The maximum atomic E-state index is 11.8. The highest BCUT2D eigenvalue weighted by atomic mass is 32.2. The molecule has 0 saturated heterocycles. The minimum atomic E-state index is -3.72. The van der Waals surface area contributed by atoms with Gasteiger partial charge in [-0.05, 0) is 19.4 Å². The zero-order valence-electron chi connectivity index (χ0n) is 10.5. The van der Waals surface area contributed by atoms with E-state index in [9.17, 15) is 13.2 Å². The highest BCUT2D eigenvalue weighted by Crippen LogP contribution is 2.18. The summed E-state index contributed by atoms with van der Waals surface area (Å²) in [6.07, 6.45) is 3.04. The Kier molecular flexibility index (Phi) is 5.30. The van der Waals surface area contributed by atoms with Gasteiger partial charge in [-0.15, -0.1) is 11.3 Å². The first-order valence-electron chi connectivity index (χ1n) is 5.76. The topological polar surface area (TPSA) is 89.3 Å². The number of hydrogen-bond acceptors (Lipinski definition) is 4. The van der Waals surface area contributed by atoms with Gasteiger partial charge in [-0.2, -0.15) is 0 Å². The van der Waals surface area contributed by atoms with E-state index in [1.54, 1.807) is 0 Å². The fourth-order valence-corrected chi connectivity index (χ4v) is 3.06. The first kappa shape index (κ1) is 15.1. The number of thiophene rings is 1. The van der Waals surface area contributed by atoms with E-state index in [2.05, 4.69) is 12.2 Å². The Morgan fingerprint density at radius 3 is 2.72 bits per heavy atom. The third-order valence-corrected chi connectivity index (χ3v) is 4.87. The summed E-state index contributed by atoms with van der Waals surface area (Å²) in [4.78, 5) is 11.8. The van der Waals surface area contributed by atoms with E-state index in [0.717, 1.165) is 30.6 Å². The average molecular weight is 290 g/mol. The Morgan fingerprint density at radius 2 is 2.22 bits per heavy atom. The Labute approximate surface area is 111 Å². The van der Waals surface area contributed by atoms with Crippen LogP contribution in [0.1, 0.15) is 43.5 Å².